The molecule has 0 radical (unpaired) electrons. The molecule has 1 unspecified atom stereocenters. The van der Waals surface area contributed by atoms with Crippen molar-refractivity contribution in [1.82, 2.24) is 4.57 Å². The second kappa shape index (κ2) is 4.71. The first-order valence-corrected chi connectivity index (χ1v) is 5.90. The zero-order valence-electron chi connectivity index (χ0n) is 9.98. The topological polar surface area (TPSA) is 25.2 Å². The molecule has 1 atom stereocenters. The molecule has 0 aliphatic rings. The standard InChI is InChI=1S/C14H19NO/c1-3-11(10-16)8-12-9-15(2)14-7-5-4-6-13(12)14/h4-7,9,11,16H,3,8,10H2,1-2H3. The molecule has 2 rings (SSSR count). The Hall–Kier alpha value is -1.28. The van der Waals surface area contributed by atoms with Gasteiger partial charge in [-0.1, -0.05) is 31.5 Å². The van der Waals surface area contributed by atoms with Crippen LogP contribution < -0.4 is 0 Å². The van der Waals surface area contributed by atoms with E-state index in [1.165, 1.54) is 16.5 Å². The summed E-state index contributed by atoms with van der Waals surface area (Å²) in [6.07, 6.45) is 4.18. The van der Waals surface area contributed by atoms with Gasteiger partial charge in [0.25, 0.3) is 0 Å². The molecule has 2 heteroatoms. The van der Waals surface area contributed by atoms with E-state index >= 15 is 0 Å². The summed E-state index contributed by atoms with van der Waals surface area (Å²) < 4.78 is 2.16. The summed E-state index contributed by atoms with van der Waals surface area (Å²) in [5.74, 6) is 0.380. The SMILES string of the molecule is CCC(CO)Cc1cn(C)c2ccccc12. The van der Waals surface area contributed by atoms with Crippen LogP contribution in [0.4, 0.5) is 0 Å². The Morgan fingerprint density at radius 3 is 2.75 bits per heavy atom. The minimum Gasteiger partial charge on any atom is -0.396 e. The first-order chi connectivity index (χ1) is 7.76. The van der Waals surface area contributed by atoms with Gasteiger partial charge in [0.2, 0.25) is 0 Å². The van der Waals surface area contributed by atoms with Crippen molar-refractivity contribution in [2.75, 3.05) is 6.61 Å². The molecule has 0 saturated carbocycles. The molecule has 1 aromatic carbocycles. The molecule has 2 nitrogen and oxygen atoms in total. The summed E-state index contributed by atoms with van der Waals surface area (Å²) in [6.45, 7) is 2.41. The van der Waals surface area contributed by atoms with Crippen LogP contribution in [0.2, 0.25) is 0 Å². The molecule has 16 heavy (non-hydrogen) atoms. The average Bonchev–Trinajstić information content (AvgIpc) is 2.64. The van der Waals surface area contributed by atoms with Crippen LogP contribution in [0.15, 0.2) is 30.5 Å². The number of benzene rings is 1. The van der Waals surface area contributed by atoms with Crippen LogP contribution in [0.5, 0.6) is 0 Å². The third-order valence-electron chi connectivity index (χ3n) is 3.32. The number of rotatable bonds is 4. The lowest BCUT2D eigenvalue weighted by Gasteiger charge is -2.09. The lowest BCUT2D eigenvalue weighted by molar-refractivity contribution is 0.222. The number of aromatic nitrogens is 1. The van der Waals surface area contributed by atoms with Gasteiger partial charge in [-0.25, -0.2) is 0 Å². The van der Waals surface area contributed by atoms with Crippen LogP contribution in [-0.4, -0.2) is 16.3 Å². The largest absolute Gasteiger partial charge is 0.396 e. The van der Waals surface area contributed by atoms with Crippen LogP contribution in [0.1, 0.15) is 18.9 Å². The van der Waals surface area contributed by atoms with Gasteiger partial charge in [0.15, 0.2) is 0 Å². The Labute approximate surface area is 96.5 Å². The lowest BCUT2D eigenvalue weighted by atomic mass is 9.97. The Morgan fingerprint density at radius 1 is 1.31 bits per heavy atom. The molecule has 1 heterocycles. The first-order valence-electron chi connectivity index (χ1n) is 5.90. The maximum Gasteiger partial charge on any atom is 0.0480 e. The van der Waals surface area contributed by atoms with Crippen LogP contribution in [0.3, 0.4) is 0 Å². The summed E-state index contributed by atoms with van der Waals surface area (Å²) >= 11 is 0. The van der Waals surface area contributed by atoms with Crippen molar-refractivity contribution in [3.8, 4) is 0 Å². The molecular formula is C14H19NO. The Kier molecular flexibility index (Phi) is 3.30. The van der Waals surface area contributed by atoms with E-state index in [4.69, 9.17) is 0 Å². The zero-order chi connectivity index (χ0) is 11.5. The van der Waals surface area contributed by atoms with E-state index < -0.39 is 0 Å². The molecule has 0 bridgehead atoms. The van der Waals surface area contributed by atoms with E-state index in [0.29, 0.717) is 5.92 Å². The fourth-order valence-electron chi connectivity index (χ4n) is 2.24. The third-order valence-corrected chi connectivity index (χ3v) is 3.32. The summed E-state index contributed by atoms with van der Waals surface area (Å²) in [7, 11) is 2.08. The van der Waals surface area contributed by atoms with Crippen molar-refractivity contribution < 1.29 is 5.11 Å². The normalized spacial score (nSPS) is 13.2. The quantitative estimate of drug-likeness (QED) is 0.837. The van der Waals surface area contributed by atoms with Crippen LogP contribution in [-0.2, 0) is 13.5 Å². The van der Waals surface area contributed by atoms with E-state index in [1.807, 2.05) is 0 Å². The fraction of sp³-hybridized carbons (Fsp3) is 0.429. The highest BCUT2D eigenvalue weighted by Crippen LogP contribution is 2.23. The van der Waals surface area contributed by atoms with Gasteiger partial charge >= 0.3 is 0 Å². The van der Waals surface area contributed by atoms with Gasteiger partial charge in [-0.05, 0) is 24.0 Å². The van der Waals surface area contributed by atoms with Crippen molar-refractivity contribution in [1.29, 1.82) is 0 Å². The molecule has 0 fully saturated rings. The fourth-order valence-corrected chi connectivity index (χ4v) is 2.24. The highest BCUT2D eigenvalue weighted by molar-refractivity contribution is 5.83. The minimum atomic E-state index is 0.278. The van der Waals surface area contributed by atoms with Gasteiger partial charge in [0, 0.05) is 30.8 Å². The number of aliphatic hydroxyl groups excluding tert-OH is 1. The second-order valence-corrected chi connectivity index (χ2v) is 4.44. The lowest BCUT2D eigenvalue weighted by Crippen LogP contribution is -2.07. The third kappa shape index (κ3) is 1.98. The van der Waals surface area contributed by atoms with Crippen molar-refractivity contribution in [3.63, 3.8) is 0 Å². The molecule has 0 amide bonds. The smallest absolute Gasteiger partial charge is 0.0480 e. The number of hydrogen-bond acceptors (Lipinski definition) is 1. The number of nitrogens with zero attached hydrogens (tertiary/aromatic N) is 1. The van der Waals surface area contributed by atoms with Gasteiger partial charge in [0.05, 0.1) is 0 Å². The van der Waals surface area contributed by atoms with Crippen LogP contribution in [0, 0.1) is 5.92 Å². The van der Waals surface area contributed by atoms with E-state index in [9.17, 15) is 5.11 Å². The van der Waals surface area contributed by atoms with Gasteiger partial charge in [0.1, 0.15) is 0 Å². The molecule has 0 saturated heterocycles. The van der Waals surface area contributed by atoms with E-state index in [-0.39, 0.29) is 6.61 Å². The summed E-state index contributed by atoms with van der Waals surface area (Å²) in [6, 6.07) is 8.44. The highest BCUT2D eigenvalue weighted by Gasteiger charge is 2.11. The predicted octanol–water partition coefficient (Wildman–Crippen LogP) is 2.74. The van der Waals surface area contributed by atoms with Crippen molar-refractivity contribution in [2.45, 2.75) is 19.8 Å². The Morgan fingerprint density at radius 2 is 2.06 bits per heavy atom. The predicted molar refractivity (Wildman–Crippen MR) is 67.5 cm³/mol. The second-order valence-electron chi connectivity index (χ2n) is 4.44. The van der Waals surface area contributed by atoms with Gasteiger partial charge < -0.3 is 9.67 Å². The number of hydrogen-bond donors (Lipinski definition) is 1. The molecule has 0 aliphatic carbocycles. The first kappa shape index (κ1) is 11.2. The van der Waals surface area contributed by atoms with Crippen LogP contribution in [0.25, 0.3) is 10.9 Å². The van der Waals surface area contributed by atoms with Gasteiger partial charge in [-0.15, -0.1) is 0 Å². The minimum absolute atomic E-state index is 0.278. The maximum atomic E-state index is 9.26. The highest BCUT2D eigenvalue weighted by atomic mass is 16.3. The van der Waals surface area contributed by atoms with Gasteiger partial charge in [-0.2, -0.15) is 0 Å². The summed E-state index contributed by atoms with van der Waals surface area (Å²) in [5.41, 5.74) is 2.62. The molecule has 1 aromatic heterocycles. The van der Waals surface area contributed by atoms with Crippen molar-refractivity contribution in [3.05, 3.63) is 36.0 Å². The van der Waals surface area contributed by atoms with E-state index in [0.717, 1.165) is 12.8 Å². The molecule has 0 spiro atoms. The maximum absolute atomic E-state index is 9.26. The molecule has 86 valence electrons. The number of aliphatic hydroxyl groups is 1. The van der Waals surface area contributed by atoms with Crippen molar-refractivity contribution in [2.24, 2.45) is 13.0 Å². The average molecular weight is 217 g/mol. The zero-order valence-corrected chi connectivity index (χ0v) is 9.98. The molecule has 1 N–H and O–H groups in total. The Bertz CT molecular complexity index is 469. The molecule has 0 aliphatic heterocycles. The molecule has 2 aromatic rings. The van der Waals surface area contributed by atoms with Crippen LogP contribution >= 0.6 is 0 Å². The van der Waals surface area contributed by atoms with Gasteiger partial charge in [-0.3, -0.25) is 0 Å². The van der Waals surface area contributed by atoms with E-state index in [2.05, 4.69) is 49.0 Å². The summed E-state index contributed by atoms with van der Waals surface area (Å²) in [4.78, 5) is 0. The molecular weight excluding hydrogens is 198 g/mol. The number of fused-ring (bicyclic) bond motifs is 1. The number of para-hydroxylation sites is 1. The van der Waals surface area contributed by atoms with Crippen molar-refractivity contribution >= 4 is 10.9 Å². The number of aryl methyl sites for hydroxylation is 1. The summed E-state index contributed by atoms with van der Waals surface area (Å²) in [5, 5.41) is 10.6. The monoisotopic (exact) mass is 217 g/mol. The Balaban J connectivity index is 2.37. The van der Waals surface area contributed by atoms with E-state index in [1.54, 1.807) is 0 Å².